The van der Waals surface area contributed by atoms with Crippen LogP contribution in [0.5, 0.6) is 0 Å². The highest BCUT2D eigenvalue weighted by Gasteiger charge is 2.22. The first-order valence-electron chi connectivity index (χ1n) is 9.14. The van der Waals surface area contributed by atoms with Gasteiger partial charge < -0.3 is 5.32 Å². The summed E-state index contributed by atoms with van der Waals surface area (Å²) in [6, 6.07) is 23.8. The molecule has 3 aromatic carbocycles. The van der Waals surface area contributed by atoms with Gasteiger partial charge in [-0.25, -0.2) is 4.68 Å². The average molecular weight is 390 g/mol. The number of hydrogen-bond donors (Lipinski definition) is 1. The highest BCUT2D eigenvalue weighted by Crippen LogP contribution is 2.25. The summed E-state index contributed by atoms with van der Waals surface area (Å²) < 4.78 is 1.59. The molecule has 5 heteroatoms. The molecule has 1 N–H and O–H groups in total. The Balaban J connectivity index is 1.60. The minimum Gasteiger partial charge on any atom is -0.345 e. The number of fused-ring (bicyclic) bond motifs is 1. The van der Waals surface area contributed by atoms with Crippen LogP contribution < -0.4 is 5.32 Å². The molecule has 1 aromatic heterocycles. The lowest BCUT2D eigenvalue weighted by molar-refractivity contribution is 0.0939. The molecule has 140 valence electrons. The van der Waals surface area contributed by atoms with Crippen LogP contribution in [0.15, 0.2) is 72.8 Å². The normalized spacial score (nSPS) is 12.1. The molecule has 0 aliphatic rings. The highest BCUT2D eigenvalue weighted by molar-refractivity contribution is 6.33. The van der Waals surface area contributed by atoms with E-state index in [4.69, 9.17) is 11.6 Å². The van der Waals surface area contributed by atoms with Gasteiger partial charge >= 0.3 is 0 Å². The Morgan fingerprint density at radius 3 is 2.43 bits per heavy atom. The Kier molecular flexibility index (Phi) is 4.88. The van der Waals surface area contributed by atoms with Crippen LogP contribution in [0.4, 0.5) is 0 Å². The number of hydrogen-bond acceptors (Lipinski definition) is 2. The number of carbonyl (C=O) groups is 1. The molecule has 4 aromatic rings. The number of nitrogens with zero attached hydrogens (tertiary/aromatic N) is 2. The zero-order valence-corrected chi connectivity index (χ0v) is 16.4. The first-order chi connectivity index (χ1) is 13.5. The van der Waals surface area contributed by atoms with Crippen LogP contribution in [0.2, 0.25) is 5.15 Å². The number of rotatable bonds is 4. The van der Waals surface area contributed by atoms with E-state index in [1.807, 2.05) is 55.5 Å². The molecule has 0 spiro atoms. The Labute approximate surface area is 168 Å². The van der Waals surface area contributed by atoms with Crippen molar-refractivity contribution in [2.75, 3.05) is 0 Å². The van der Waals surface area contributed by atoms with Gasteiger partial charge in [0.1, 0.15) is 5.15 Å². The molecule has 1 amide bonds. The smallest absolute Gasteiger partial charge is 0.256 e. The first kappa shape index (κ1) is 18.3. The number of halogens is 1. The van der Waals surface area contributed by atoms with Gasteiger partial charge in [0, 0.05) is 0 Å². The topological polar surface area (TPSA) is 46.9 Å². The molecule has 0 bridgehead atoms. The van der Waals surface area contributed by atoms with Crippen molar-refractivity contribution in [2.24, 2.45) is 0 Å². The fraction of sp³-hybridized carbons (Fsp3) is 0.130. The zero-order chi connectivity index (χ0) is 19.7. The maximum atomic E-state index is 12.9. The van der Waals surface area contributed by atoms with E-state index in [1.165, 1.54) is 5.39 Å². The van der Waals surface area contributed by atoms with Crippen molar-refractivity contribution < 1.29 is 4.79 Å². The van der Waals surface area contributed by atoms with Gasteiger partial charge in [-0.05, 0) is 48.4 Å². The van der Waals surface area contributed by atoms with Gasteiger partial charge in [0.2, 0.25) is 0 Å². The Morgan fingerprint density at radius 2 is 1.68 bits per heavy atom. The fourth-order valence-electron chi connectivity index (χ4n) is 3.33. The van der Waals surface area contributed by atoms with Crippen molar-refractivity contribution in [1.82, 2.24) is 15.1 Å². The quantitative estimate of drug-likeness (QED) is 0.502. The largest absolute Gasteiger partial charge is 0.345 e. The van der Waals surface area contributed by atoms with Crippen LogP contribution in [-0.2, 0) is 0 Å². The summed E-state index contributed by atoms with van der Waals surface area (Å²) in [4.78, 5) is 12.9. The molecule has 0 saturated heterocycles. The summed E-state index contributed by atoms with van der Waals surface area (Å²) in [6.45, 7) is 3.76. The number of aryl methyl sites for hydroxylation is 1. The number of benzene rings is 3. The minimum atomic E-state index is -0.231. The molecular formula is C23H20ClN3O. The van der Waals surface area contributed by atoms with Crippen LogP contribution in [0, 0.1) is 6.92 Å². The van der Waals surface area contributed by atoms with Crippen LogP contribution in [-0.4, -0.2) is 15.7 Å². The van der Waals surface area contributed by atoms with Crippen LogP contribution >= 0.6 is 11.6 Å². The average Bonchev–Trinajstić information content (AvgIpc) is 3.02. The van der Waals surface area contributed by atoms with Crippen LogP contribution in [0.3, 0.4) is 0 Å². The summed E-state index contributed by atoms with van der Waals surface area (Å²) >= 11 is 6.51. The standard InChI is InChI=1S/C23H20ClN3O/c1-15(18-13-12-17-8-6-7-9-19(17)14-18)25-23(28)21-16(2)26-27(22(21)24)20-10-4-3-5-11-20/h3-15H,1-2H3,(H,25,28). The van der Waals surface area contributed by atoms with E-state index in [-0.39, 0.29) is 11.9 Å². The summed E-state index contributed by atoms with van der Waals surface area (Å²) in [5, 5.41) is 10.1. The molecule has 1 heterocycles. The third-order valence-corrected chi connectivity index (χ3v) is 5.20. The molecule has 1 atom stereocenters. The van der Waals surface area contributed by atoms with E-state index in [1.54, 1.807) is 11.6 Å². The van der Waals surface area contributed by atoms with E-state index in [0.717, 1.165) is 16.6 Å². The lowest BCUT2D eigenvalue weighted by Crippen LogP contribution is -2.27. The van der Waals surface area contributed by atoms with Gasteiger partial charge in [0.25, 0.3) is 5.91 Å². The van der Waals surface area contributed by atoms with Gasteiger partial charge in [-0.2, -0.15) is 5.10 Å². The number of nitrogens with one attached hydrogen (secondary N) is 1. The van der Waals surface area contributed by atoms with Crippen molar-refractivity contribution in [3.63, 3.8) is 0 Å². The second-order valence-corrected chi connectivity index (χ2v) is 7.16. The molecule has 28 heavy (non-hydrogen) atoms. The van der Waals surface area contributed by atoms with Crippen molar-refractivity contribution in [3.05, 3.63) is 94.8 Å². The molecule has 4 nitrogen and oxygen atoms in total. The summed E-state index contributed by atoms with van der Waals surface area (Å²) in [7, 11) is 0. The molecular weight excluding hydrogens is 370 g/mol. The van der Waals surface area contributed by atoms with Crippen molar-refractivity contribution in [3.8, 4) is 5.69 Å². The molecule has 0 aliphatic carbocycles. The molecule has 1 unspecified atom stereocenters. The van der Waals surface area contributed by atoms with E-state index < -0.39 is 0 Å². The molecule has 4 rings (SSSR count). The van der Waals surface area contributed by atoms with Gasteiger partial charge in [-0.15, -0.1) is 0 Å². The molecule has 0 fully saturated rings. The molecule has 0 aliphatic heterocycles. The second-order valence-electron chi connectivity index (χ2n) is 6.80. The number of amides is 1. The van der Waals surface area contributed by atoms with Gasteiger partial charge in [0.15, 0.2) is 0 Å². The summed E-state index contributed by atoms with van der Waals surface area (Å²) in [5.41, 5.74) is 2.85. The van der Waals surface area contributed by atoms with E-state index in [9.17, 15) is 4.79 Å². The SMILES string of the molecule is Cc1nn(-c2ccccc2)c(Cl)c1C(=O)NC(C)c1ccc2ccccc2c1. The van der Waals surface area contributed by atoms with Gasteiger partial charge in [0.05, 0.1) is 23.0 Å². The maximum Gasteiger partial charge on any atom is 0.256 e. The zero-order valence-electron chi connectivity index (χ0n) is 15.7. The van der Waals surface area contributed by atoms with Gasteiger partial charge in [-0.3, -0.25) is 4.79 Å². The van der Waals surface area contributed by atoms with Crippen LogP contribution in [0.25, 0.3) is 16.5 Å². The summed E-state index contributed by atoms with van der Waals surface area (Å²) in [5.74, 6) is -0.231. The van der Waals surface area contributed by atoms with E-state index in [2.05, 4.69) is 34.7 Å². The van der Waals surface area contributed by atoms with Crippen molar-refractivity contribution in [1.29, 1.82) is 0 Å². The number of carbonyl (C=O) groups excluding carboxylic acids is 1. The highest BCUT2D eigenvalue weighted by atomic mass is 35.5. The minimum absolute atomic E-state index is 0.160. The Morgan fingerprint density at radius 1 is 1.00 bits per heavy atom. The predicted octanol–water partition coefficient (Wildman–Crippen LogP) is 5.48. The van der Waals surface area contributed by atoms with Gasteiger partial charge in [-0.1, -0.05) is 66.2 Å². The maximum absolute atomic E-state index is 12.9. The molecule has 0 saturated carbocycles. The predicted molar refractivity (Wildman–Crippen MR) is 113 cm³/mol. The van der Waals surface area contributed by atoms with Crippen LogP contribution in [0.1, 0.15) is 34.6 Å². The first-order valence-corrected chi connectivity index (χ1v) is 9.52. The lowest BCUT2D eigenvalue weighted by Gasteiger charge is -2.15. The Hall–Kier alpha value is -3.11. The second kappa shape index (κ2) is 7.49. The Bertz CT molecular complexity index is 1150. The molecule has 0 radical (unpaired) electrons. The van der Waals surface area contributed by atoms with E-state index in [0.29, 0.717) is 16.4 Å². The third kappa shape index (κ3) is 3.39. The summed E-state index contributed by atoms with van der Waals surface area (Å²) in [6.07, 6.45) is 0. The third-order valence-electron chi connectivity index (χ3n) is 4.85. The fourth-order valence-corrected chi connectivity index (χ4v) is 3.68. The number of aromatic nitrogens is 2. The monoisotopic (exact) mass is 389 g/mol. The van der Waals surface area contributed by atoms with Crippen molar-refractivity contribution in [2.45, 2.75) is 19.9 Å². The van der Waals surface area contributed by atoms with Crippen molar-refractivity contribution >= 4 is 28.3 Å². The number of para-hydroxylation sites is 1. The van der Waals surface area contributed by atoms with E-state index >= 15 is 0 Å². The lowest BCUT2D eigenvalue weighted by atomic mass is 10.0.